The first-order chi connectivity index (χ1) is 14.8. The van der Waals surface area contributed by atoms with Gasteiger partial charge in [0.25, 0.3) is 0 Å². The molecule has 7 nitrogen and oxygen atoms in total. The van der Waals surface area contributed by atoms with E-state index in [0.29, 0.717) is 25.3 Å². The Morgan fingerprint density at radius 3 is 2.26 bits per heavy atom. The van der Waals surface area contributed by atoms with Crippen molar-refractivity contribution < 1.29 is 17.9 Å². The molecule has 0 unspecified atom stereocenters. The zero-order valence-electron chi connectivity index (χ0n) is 18.3. The summed E-state index contributed by atoms with van der Waals surface area (Å²) in [5.74, 6) is -0.544. The molecule has 3 rings (SSSR count). The summed E-state index contributed by atoms with van der Waals surface area (Å²) in [6.45, 7) is 8.77. The third-order valence-electron chi connectivity index (χ3n) is 5.62. The summed E-state index contributed by atoms with van der Waals surface area (Å²) >= 11 is 0. The van der Waals surface area contributed by atoms with E-state index < -0.39 is 16.1 Å². The number of hydrogen-bond acceptors (Lipinski definition) is 5. The Hall–Kier alpha value is -2.42. The number of ether oxygens (including phenoxy) is 1. The molecule has 1 aliphatic rings. The highest BCUT2D eigenvalue weighted by atomic mass is 32.2. The summed E-state index contributed by atoms with van der Waals surface area (Å²) in [5, 5.41) is 2.86. The van der Waals surface area contributed by atoms with Gasteiger partial charge in [-0.2, -0.15) is 4.72 Å². The maximum absolute atomic E-state index is 13.0. The van der Waals surface area contributed by atoms with Crippen LogP contribution in [0, 0.1) is 12.8 Å². The minimum absolute atomic E-state index is 0.147. The smallest absolute Gasteiger partial charge is 0.242 e. The number of sulfonamides is 1. The Balaban J connectivity index is 1.71. The molecule has 0 aliphatic carbocycles. The molecule has 1 fully saturated rings. The van der Waals surface area contributed by atoms with Gasteiger partial charge in [0.2, 0.25) is 15.9 Å². The summed E-state index contributed by atoms with van der Waals surface area (Å²) in [7, 11) is -3.82. The SMILES string of the molecule is CC[C@H](C)[C@H](NS(=O)(=O)c1ccc(C)cc1)C(=O)Nc1ccc(N2CCOCC2)cc1. The Morgan fingerprint density at radius 2 is 1.68 bits per heavy atom. The molecule has 2 aromatic carbocycles. The number of carbonyl (C=O) groups excluding carboxylic acids is 1. The van der Waals surface area contributed by atoms with Crippen LogP contribution in [0.3, 0.4) is 0 Å². The fourth-order valence-electron chi connectivity index (χ4n) is 3.41. The van der Waals surface area contributed by atoms with Gasteiger partial charge in [-0.3, -0.25) is 4.79 Å². The number of anilines is 2. The normalized spacial score (nSPS) is 16.5. The summed E-state index contributed by atoms with van der Waals surface area (Å²) < 4.78 is 33.7. The van der Waals surface area contributed by atoms with E-state index in [4.69, 9.17) is 4.74 Å². The highest BCUT2D eigenvalue weighted by molar-refractivity contribution is 7.89. The average molecular weight is 446 g/mol. The van der Waals surface area contributed by atoms with Crippen LogP contribution in [0.15, 0.2) is 53.4 Å². The van der Waals surface area contributed by atoms with Gasteiger partial charge in [0.05, 0.1) is 18.1 Å². The molecule has 1 saturated heterocycles. The average Bonchev–Trinajstić information content (AvgIpc) is 2.78. The van der Waals surface area contributed by atoms with Gasteiger partial charge in [-0.1, -0.05) is 38.0 Å². The Bertz CT molecular complexity index is 969. The Kier molecular flexibility index (Phi) is 7.69. The van der Waals surface area contributed by atoms with E-state index >= 15 is 0 Å². The van der Waals surface area contributed by atoms with Crippen molar-refractivity contribution in [3.8, 4) is 0 Å². The molecule has 0 saturated carbocycles. The quantitative estimate of drug-likeness (QED) is 0.652. The van der Waals surface area contributed by atoms with E-state index in [2.05, 4.69) is 14.9 Å². The standard InChI is InChI=1S/C23H31N3O4S/c1-4-18(3)22(25-31(28,29)21-11-5-17(2)6-12-21)23(27)24-19-7-9-20(10-8-19)26-13-15-30-16-14-26/h5-12,18,22,25H,4,13-16H2,1-3H3,(H,24,27)/t18-,22-/m0/s1. The first kappa shape index (κ1) is 23.2. The monoisotopic (exact) mass is 445 g/mol. The molecule has 0 radical (unpaired) electrons. The van der Waals surface area contributed by atoms with Crippen molar-refractivity contribution in [1.82, 2.24) is 4.72 Å². The van der Waals surface area contributed by atoms with Crippen LogP contribution in [0.5, 0.6) is 0 Å². The number of aryl methyl sites for hydroxylation is 1. The molecular weight excluding hydrogens is 414 g/mol. The minimum Gasteiger partial charge on any atom is -0.378 e. The van der Waals surface area contributed by atoms with Crippen LogP contribution in [-0.2, 0) is 19.6 Å². The maximum atomic E-state index is 13.0. The van der Waals surface area contributed by atoms with Crippen LogP contribution in [0.4, 0.5) is 11.4 Å². The van der Waals surface area contributed by atoms with Gasteiger partial charge in [0.15, 0.2) is 0 Å². The van der Waals surface area contributed by atoms with Crippen molar-refractivity contribution in [2.24, 2.45) is 5.92 Å². The zero-order chi connectivity index (χ0) is 22.4. The summed E-state index contributed by atoms with van der Waals surface area (Å²) in [6, 6.07) is 13.3. The van der Waals surface area contributed by atoms with Crippen molar-refractivity contribution >= 4 is 27.3 Å². The molecular formula is C23H31N3O4S. The number of benzene rings is 2. The van der Waals surface area contributed by atoms with Crippen LogP contribution in [0.25, 0.3) is 0 Å². The molecule has 2 N–H and O–H groups in total. The Morgan fingerprint density at radius 1 is 1.06 bits per heavy atom. The van der Waals surface area contributed by atoms with E-state index in [9.17, 15) is 13.2 Å². The van der Waals surface area contributed by atoms with Crippen LogP contribution in [-0.4, -0.2) is 46.7 Å². The number of nitrogens with zero attached hydrogens (tertiary/aromatic N) is 1. The van der Waals surface area contributed by atoms with Crippen molar-refractivity contribution in [3.05, 3.63) is 54.1 Å². The molecule has 1 heterocycles. The predicted molar refractivity (Wildman–Crippen MR) is 123 cm³/mol. The summed E-state index contributed by atoms with van der Waals surface area (Å²) in [6.07, 6.45) is 0.657. The zero-order valence-corrected chi connectivity index (χ0v) is 19.1. The second kappa shape index (κ2) is 10.3. The van der Waals surface area contributed by atoms with E-state index in [1.54, 1.807) is 24.3 Å². The molecule has 1 aliphatic heterocycles. The predicted octanol–water partition coefficient (Wildman–Crippen LogP) is 3.16. The minimum atomic E-state index is -3.82. The lowest BCUT2D eigenvalue weighted by molar-refractivity contribution is -0.118. The number of rotatable bonds is 8. The molecule has 2 aromatic rings. The third-order valence-corrected chi connectivity index (χ3v) is 7.08. The number of carbonyl (C=O) groups is 1. The maximum Gasteiger partial charge on any atom is 0.242 e. The summed E-state index contributed by atoms with van der Waals surface area (Å²) in [5.41, 5.74) is 2.67. The fourth-order valence-corrected chi connectivity index (χ4v) is 4.72. The van der Waals surface area contributed by atoms with E-state index in [-0.39, 0.29) is 16.7 Å². The van der Waals surface area contributed by atoms with Crippen molar-refractivity contribution in [2.45, 2.75) is 38.1 Å². The van der Waals surface area contributed by atoms with Crippen LogP contribution < -0.4 is 14.9 Å². The van der Waals surface area contributed by atoms with Gasteiger partial charge < -0.3 is 15.0 Å². The van der Waals surface area contributed by atoms with Crippen molar-refractivity contribution in [1.29, 1.82) is 0 Å². The molecule has 1 amide bonds. The highest BCUT2D eigenvalue weighted by Gasteiger charge is 2.29. The van der Waals surface area contributed by atoms with Crippen LogP contribution >= 0.6 is 0 Å². The third kappa shape index (κ3) is 6.06. The van der Waals surface area contributed by atoms with Gasteiger partial charge >= 0.3 is 0 Å². The molecule has 0 aromatic heterocycles. The lowest BCUT2D eigenvalue weighted by Crippen LogP contribution is -2.47. The highest BCUT2D eigenvalue weighted by Crippen LogP contribution is 2.21. The molecule has 2 atom stereocenters. The molecule has 31 heavy (non-hydrogen) atoms. The second-order valence-electron chi connectivity index (χ2n) is 7.93. The van der Waals surface area contributed by atoms with Gasteiger partial charge in [-0.15, -0.1) is 0 Å². The lowest BCUT2D eigenvalue weighted by atomic mass is 9.99. The number of hydrogen-bond donors (Lipinski definition) is 2. The first-order valence-electron chi connectivity index (χ1n) is 10.6. The molecule has 8 heteroatoms. The van der Waals surface area contributed by atoms with Gasteiger partial charge in [0, 0.05) is 24.5 Å². The van der Waals surface area contributed by atoms with E-state index in [1.807, 2.05) is 45.0 Å². The van der Waals surface area contributed by atoms with Crippen LogP contribution in [0.2, 0.25) is 0 Å². The largest absolute Gasteiger partial charge is 0.378 e. The van der Waals surface area contributed by atoms with Gasteiger partial charge in [-0.05, 0) is 49.2 Å². The lowest BCUT2D eigenvalue weighted by Gasteiger charge is -2.29. The van der Waals surface area contributed by atoms with Crippen molar-refractivity contribution in [2.75, 3.05) is 36.5 Å². The van der Waals surface area contributed by atoms with Crippen molar-refractivity contribution in [3.63, 3.8) is 0 Å². The fraction of sp³-hybridized carbons (Fsp3) is 0.435. The Labute approximate surface area is 184 Å². The van der Waals surface area contributed by atoms with E-state index in [1.165, 1.54) is 0 Å². The van der Waals surface area contributed by atoms with Gasteiger partial charge in [0.1, 0.15) is 6.04 Å². The molecule has 0 bridgehead atoms. The second-order valence-corrected chi connectivity index (χ2v) is 9.65. The van der Waals surface area contributed by atoms with Crippen LogP contribution in [0.1, 0.15) is 25.8 Å². The number of morpholine rings is 1. The number of nitrogens with one attached hydrogen (secondary N) is 2. The first-order valence-corrected chi connectivity index (χ1v) is 12.1. The van der Waals surface area contributed by atoms with Gasteiger partial charge in [-0.25, -0.2) is 8.42 Å². The number of amides is 1. The molecule has 0 spiro atoms. The van der Waals surface area contributed by atoms with E-state index in [0.717, 1.165) is 24.3 Å². The molecule has 168 valence electrons. The topological polar surface area (TPSA) is 87.7 Å². The summed E-state index contributed by atoms with van der Waals surface area (Å²) in [4.78, 5) is 15.4.